The van der Waals surface area contributed by atoms with Gasteiger partial charge in [0, 0.05) is 27.1 Å². The Bertz CT molecular complexity index is 1980. The quantitative estimate of drug-likeness (QED) is 0.166. The molecule has 3 amide bonds. The van der Waals surface area contributed by atoms with Crippen molar-refractivity contribution in [2.24, 2.45) is 5.92 Å². The maximum Gasteiger partial charge on any atom is 0.418 e. The molecule has 244 valence electrons. The lowest BCUT2D eigenvalue weighted by Gasteiger charge is -2.31. The molecule has 0 spiro atoms. The monoisotopic (exact) mass is 713 g/mol. The third kappa shape index (κ3) is 6.24. The van der Waals surface area contributed by atoms with Crippen LogP contribution in [-0.2, 0) is 26.7 Å². The Morgan fingerprint density at radius 1 is 0.936 bits per heavy atom. The molecule has 47 heavy (non-hydrogen) atoms. The number of carbonyl (C=O) groups is 3. The van der Waals surface area contributed by atoms with E-state index in [1.165, 1.54) is 30.3 Å². The molecule has 1 saturated heterocycles. The summed E-state index contributed by atoms with van der Waals surface area (Å²) in [4.78, 5) is 55.8. The number of alkyl halides is 6. The molecular weight excluding hydrogens is 696 g/mol. The van der Waals surface area contributed by atoms with Crippen molar-refractivity contribution in [1.82, 2.24) is 4.98 Å². The van der Waals surface area contributed by atoms with Gasteiger partial charge < -0.3 is 15.0 Å². The zero-order chi connectivity index (χ0) is 33.8. The van der Waals surface area contributed by atoms with Crippen molar-refractivity contribution in [1.29, 1.82) is 0 Å². The number of amides is 3. The van der Waals surface area contributed by atoms with Gasteiger partial charge in [0.05, 0.1) is 27.8 Å². The molecule has 2 N–H and O–H groups in total. The molecule has 8 nitrogen and oxygen atoms in total. The summed E-state index contributed by atoms with van der Waals surface area (Å²) in [6.45, 7) is -0.714. The van der Waals surface area contributed by atoms with E-state index < -0.39 is 75.5 Å². The number of H-pyrrole nitrogens is 1. The summed E-state index contributed by atoms with van der Waals surface area (Å²) in [5.41, 5.74) is -2.81. The SMILES string of the molecule is O=C(COc1ccc(Cl)cc1[C@@H]1c2sc(=O)[nH]c2S[C@H]2C(=O)N(c3ccccc3C(F)(F)F)C(=O)[C@@H]12)Nc1cccc(C(F)(F)F)c1. The molecule has 3 aromatic carbocycles. The molecule has 2 aliphatic rings. The van der Waals surface area contributed by atoms with Crippen LogP contribution in [0, 0.1) is 5.92 Å². The molecule has 17 heteroatoms. The van der Waals surface area contributed by atoms with Crippen molar-refractivity contribution in [2.45, 2.75) is 28.5 Å². The molecule has 3 atom stereocenters. The Kier molecular flexibility index (Phi) is 8.38. The van der Waals surface area contributed by atoms with Crippen LogP contribution in [0.1, 0.15) is 27.5 Å². The number of thiazole rings is 1. The summed E-state index contributed by atoms with van der Waals surface area (Å²) in [5.74, 6) is -5.17. The number of aromatic nitrogens is 1. The number of nitrogens with one attached hydrogen (secondary N) is 2. The van der Waals surface area contributed by atoms with Crippen LogP contribution in [0.5, 0.6) is 5.75 Å². The molecule has 6 rings (SSSR count). The number of benzene rings is 3. The molecular formula is C30H18ClF6N3O5S2. The Balaban J connectivity index is 1.35. The van der Waals surface area contributed by atoms with Crippen LogP contribution in [0.4, 0.5) is 37.7 Å². The summed E-state index contributed by atoms with van der Waals surface area (Å²) < 4.78 is 86.8. The highest BCUT2D eigenvalue weighted by Gasteiger charge is 2.57. The highest BCUT2D eigenvalue weighted by atomic mass is 35.5. The molecule has 0 aliphatic carbocycles. The van der Waals surface area contributed by atoms with Crippen LogP contribution in [-0.4, -0.2) is 34.6 Å². The Hall–Kier alpha value is -4.28. The third-order valence-corrected chi connectivity index (χ3v) is 10.0. The number of nitrogens with zero attached hydrogens (tertiary/aromatic N) is 1. The number of halogens is 7. The lowest BCUT2D eigenvalue weighted by Crippen LogP contribution is -2.33. The summed E-state index contributed by atoms with van der Waals surface area (Å²) in [7, 11) is 0. The predicted molar refractivity (Wildman–Crippen MR) is 161 cm³/mol. The standard InChI is InChI=1S/C30H18ClF6N3O5S2/c31-14-8-9-19(45-12-20(41)38-15-5-3-4-13(10-15)29(32,33)34)16(11-14)21-22-24(46-25-23(21)47-28(44)39-25)27(43)40(26(22)42)18-7-2-1-6-17(18)30(35,36)37/h1-11,21-22,24H,12H2,(H,38,41)(H,39,44)/t21-,22-,24+/m0/s1. The minimum atomic E-state index is -4.89. The predicted octanol–water partition coefficient (Wildman–Crippen LogP) is 6.94. The van der Waals surface area contributed by atoms with E-state index in [9.17, 15) is 45.5 Å². The van der Waals surface area contributed by atoms with Crippen LogP contribution in [0.2, 0.25) is 5.02 Å². The molecule has 0 bridgehead atoms. The number of hydrogen-bond donors (Lipinski definition) is 2. The number of ether oxygens (including phenoxy) is 1. The normalized spacial score (nSPS) is 19.4. The lowest BCUT2D eigenvalue weighted by atomic mass is 9.82. The maximum absolute atomic E-state index is 14.0. The number of hydrogen-bond acceptors (Lipinski definition) is 7. The van der Waals surface area contributed by atoms with Gasteiger partial charge in [-0.3, -0.25) is 19.2 Å². The smallest absolute Gasteiger partial charge is 0.418 e. The van der Waals surface area contributed by atoms with E-state index in [1.54, 1.807) is 0 Å². The fourth-order valence-electron chi connectivity index (χ4n) is 5.51. The number of fused-ring (bicyclic) bond motifs is 2. The van der Waals surface area contributed by atoms with E-state index in [0.29, 0.717) is 9.78 Å². The van der Waals surface area contributed by atoms with Crippen molar-refractivity contribution in [3.05, 3.63) is 103 Å². The molecule has 0 radical (unpaired) electrons. The van der Waals surface area contributed by atoms with E-state index in [2.05, 4.69) is 10.3 Å². The topological polar surface area (TPSA) is 109 Å². The van der Waals surface area contributed by atoms with Crippen molar-refractivity contribution >= 4 is 63.8 Å². The first-order valence-corrected chi connectivity index (χ1v) is 15.5. The molecule has 2 aliphatic heterocycles. The Morgan fingerprint density at radius 3 is 2.40 bits per heavy atom. The summed E-state index contributed by atoms with van der Waals surface area (Å²) in [6.07, 6.45) is -9.53. The van der Waals surface area contributed by atoms with Crippen LogP contribution in [0.3, 0.4) is 0 Å². The van der Waals surface area contributed by atoms with Crippen molar-refractivity contribution in [2.75, 3.05) is 16.8 Å². The second kappa shape index (κ2) is 12.1. The van der Waals surface area contributed by atoms with Gasteiger partial charge in [0.15, 0.2) is 6.61 Å². The molecule has 0 saturated carbocycles. The first-order chi connectivity index (χ1) is 22.1. The number of para-hydroxylation sites is 1. The number of thioether (sulfide) groups is 1. The van der Waals surface area contributed by atoms with Crippen LogP contribution < -0.4 is 19.8 Å². The van der Waals surface area contributed by atoms with E-state index in [1.807, 2.05) is 0 Å². The number of carbonyl (C=O) groups excluding carboxylic acids is 3. The molecule has 0 unspecified atom stereocenters. The number of imide groups is 1. The van der Waals surface area contributed by atoms with Gasteiger partial charge >= 0.3 is 17.2 Å². The molecule has 4 aromatic rings. The minimum Gasteiger partial charge on any atom is -0.483 e. The van der Waals surface area contributed by atoms with E-state index in [4.69, 9.17) is 16.3 Å². The van der Waals surface area contributed by atoms with Gasteiger partial charge in [0.25, 0.3) is 5.91 Å². The van der Waals surface area contributed by atoms with E-state index in [0.717, 1.165) is 59.5 Å². The van der Waals surface area contributed by atoms with Gasteiger partial charge in [-0.15, -0.1) is 0 Å². The van der Waals surface area contributed by atoms with Gasteiger partial charge in [-0.05, 0) is 48.5 Å². The highest BCUT2D eigenvalue weighted by molar-refractivity contribution is 8.00. The van der Waals surface area contributed by atoms with Gasteiger partial charge in [0.1, 0.15) is 11.0 Å². The fourth-order valence-corrected chi connectivity index (χ4v) is 8.19. The average Bonchev–Trinajstić information content (AvgIpc) is 3.49. The molecule has 1 aromatic heterocycles. The van der Waals surface area contributed by atoms with Gasteiger partial charge in [-0.1, -0.05) is 52.9 Å². The number of aromatic amines is 1. The fraction of sp³-hybridized carbons (Fsp3) is 0.200. The minimum absolute atomic E-state index is 0.0227. The molecule has 3 heterocycles. The lowest BCUT2D eigenvalue weighted by molar-refractivity contribution is -0.138. The summed E-state index contributed by atoms with van der Waals surface area (Å²) >= 11 is 7.88. The first-order valence-electron chi connectivity index (χ1n) is 13.5. The van der Waals surface area contributed by atoms with Crippen molar-refractivity contribution in [3.8, 4) is 5.75 Å². The summed E-state index contributed by atoms with van der Waals surface area (Å²) in [5, 5.41) is 1.43. The maximum atomic E-state index is 14.0. The van der Waals surface area contributed by atoms with Crippen molar-refractivity contribution in [3.63, 3.8) is 0 Å². The Morgan fingerprint density at radius 2 is 1.68 bits per heavy atom. The third-order valence-electron chi connectivity index (χ3n) is 7.41. The van der Waals surface area contributed by atoms with Crippen LogP contribution in [0.15, 0.2) is 76.6 Å². The van der Waals surface area contributed by atoms with Crippen molar-refractivity contribution < 1.29 is 45.5 Å². The highest BCUT2D eigenvalue weighted by Crippen LogP contribution is 2.55. The van der Waals surface area contributed by atoms with Gasteiger partial charge in [0.2, 0.25) is 11.8 Å². The number of anilines is 2. The van der Waals surface area contributed by atoms with Gasteiger partial charge in [-0.25, -0.2) is 4.90 Å². The second-order valence-electron chi connectivity index (χ2n) is 10.4. The summed E-state index contributed by atoms with van der Waals surface area (Å²) in [6, 6.07) is 12.3. The van der Waals surface area contributed by atoms with E-state index >= 15 is 0 Å². The zero-order valence-electron chi connectivity index (χ0n) is 23.2. The number of rotatable bonds is 6. The van der Waals surface area contributed by atoms with Crippen LogP contribution >= 0.6 is 34.7 Å². The molecule has 1 fully saturated rings. The van der Waals surface area contributed by atoms with E-state index in [-0.39, 0.29) is 27.0 Å². The average molecular weight is 714 g/mol. The second-order valence-corrected chi connectivity index (χ2v) is 13.0. The van der Waals surface area contributed by atoms with Crippen LogP contribution in [0.25, 0.3) is 0 Å². The Labute approximate surface area is 273 Å². The first kappa shape index (κ1) is 32.7. The van der Waals surface area contributed by atoms with Gasteiger partial charge in [-0.2, -0.15) is 26.3 Å². The zero-order valence-corrected chi connectivity index (χ0v) is 25.6. The largest absolute Gasteiger partial charge is 0.483 e.